The van der Waals surface area contributed by atoms with Gasteiger partial charge in [-0.25, -0.2) is 0 Å². The second-order valence-corrected chi connectivity index (χ2v) is 5.12. The van der Waals surface area contributed by atoms with E-state index in [9.17, 15) is 14.4 Å². The molecule has 0 unspecified atom stereocenters. The number of benzene rings is 1. The van der Waals surface area contributed by atoms with E-state index in [4.69, 9.17) is 4.74 Å². The summed E-state index contributed by atoms with van der Waals surface area (Å²) < 4.78 is 5.37. The minimum atomic E-state index is -0.936. The van der Waals surface area contributed by atoms with Gasteiger partial charge in [0.25, 0.3) is 5.91 Å². The van der Waals surface area contributed by atoms with Crippen molar-refractivity contribution >= 4 is 17.7 Å². The average Bonchev–Trinajstić information content (AvgIpc) is 2.45. The highest BCUT2D eigenvalue weighted by molar-refractivity contribution is 6.35. The third kappa shape index (κ3) is 5.43. The van der Waals surface area contributed by atoms with Crippen molar-refractivity contribution in [2.45, 2.75) is 33.7 Å². The van der Waals surface area contributed by atoms with Gasteiger partial charge < -0.3 is 10.1 Å². The number of carbonyl (C=O) groups excluding carboxylic acids is 3. The van der Waals surface area contributed by atoms with Crippen molar-refractivity contribution in [3.05, 3.63) is 29.3 Å². The van der Waals surface area contributed by atoms with E-state index in [0.29, 0.717) is 5.75 Å². The lowest BCUT2D eigenvalue weighted by Gasteiger charge is -2.12. The molecule has 120 valence electrons. The number of aryl methyl sites for hydroxylation is 1. The summed E-state index contributed by atoms with van der Waals surface area (Å²) in [5.74, 6) is -1.72. The molecule has 0 spiro atoms. The van der Waals surface area contributed by atoms with Crippen molar-refractivity contribution in [2.24, 2.45) is 0 Å². The van der Waals surface area contributed by atoms with Gasteiger partial charge in [-0.1, -0.05) is 12.1 Å². The molecule has 0 saturated heterocycles. The van der Waals surface area contributed by atoms with E-state index >= 15 is 0 Å². The Hall–Kier alpha value is -2.57. The molecule has 1 rings (SSSR count). The summed E-state index contributed by atoms with van der Waals surface area (Å²) in [6.45, 7) is 7.01. The van der Waals surface area contributed by atoms with Crippen LogP contribution in [0.1, 0.15) is 25.0 Å². The van der Waals surface area contributed by atoms with Gasteiger partial charge in [0.1, 0.15) is 5.75 Å². The molecular weight excluding hydrogens is 286 g/mol. The molecule has 1 aromatic rings. The lowest BCUT2D eigenvalue weighted by atomic mass is 10.1. The number of carbonyl (C=O) groups is 3. The van der Waals surface area contributed by atoms with Crippen LogP contribution in [0.5, 0.6) is 5.75 Å². The van der Waals surface area contributed by atoms with Gasteiger partial charge in [0.15, 0.2) is 6.61 Å². The van der Waals surface area contributed by atoms with Crippen molar-refractivity contribution in [1.29, 1.82) is 0 Å². The quantitative estimate of drug-likeness (QED) is 0.552. The summed E-state index contributed by atoms with van der Waals surface area (Å²) in [6.07, 6.45) is 0. The fourth-order valence-electron chi connectivity index (χ4n) is 1.57. The van der Waals surface area contributed by atoms with Crippen LogP contribution in [0.2, 0.25) is 0 Å². The van der Waals surface area contributed by atoms with Gasteiger partial charge in [0.2, 0.25) is 0 Å². The third-order valence-corrected chi connectivity index (χ3v) is 2.86. The van der Waals surface area contributed by atoms with Gasteiger partial charge in [-0.05, 0) is 44.9 Å². The lowest BCUT2D eigenvalue weighted by molar-refractivity contribution is -0.141. The fourth-order valence-corrected chi connectivity index (χ4v) is 1.57. The van der Waals surface area contributed by atoms with Gasteiger partial charge in [0, 0.05) is 6.04 Å². The Morgan fingerprint density at radius 1 is 1.09 bits per heavy atom. The number of hydrogen-bond donors (Lipinski definition) is 3. The number of hydrogen-bond acceptors (Lipinski definition) is 4. The van der Waals surface area contributed by atoms with E-state index in [2.05, 4.69) is 10.7 Å². The summed E-state index contributed by atoms with van der Waals surface area (Å²) in [5.41, 5.74) is 6.13. The molecule has 0 fully saturated rings. The molecule has 0 saturated carbocycles. The van der Waals surface area contributed by atoms with Crippen molar-refractivity contribution in [1.82, 2.24) is 16.2 Å². The van der Waals surface area contributed by atoms with Crippen LogP contribution in [-0.2, 0) is 14.4 Å². The van der Waals surface area contributed by atoms with Crippen LogP contribution in [0.3, 0.4) is 0 Å². The fraction of sp³-hybridized carbons (Fsp3) is 0.400. The van der Waals surface area contributed by atoms with Crippen molar-refractivity contribution in [3.63, 3.8) is 0 Å². The normalized spacial score (nSPS) is 10.0. The third-order valence-electron chi connectivity index (χ3n) is 2.86. The average molecular weight is 307 g/mol. The number of rotatable bonds is 4. The first-order chi connectivity index (χ1) is 10.3. The first-order valence-corrected chi connectivity index (χ1v) is 6.90. The molecule has 0 aliphatic heterocycles. The second kappa shape index (κ2) is 8.02. The molecule has 0 aliphatic rings. The van der Waals surface area contributed by atoms with Crippen LogP contribution < -0.4 is 20.9 Å². The lowest BCUT2D eigenvalue weighted by Crippen LogP contribution is -2.50. The highest BCUT2D eigenvalue weighted by Crippen LogP contribution is 2.20. The van der Waals surface area contributed by atoms with Crippen LogP contribution in [0.25, 0.3) is 0 Å². The summed E-state index contributed by atoms with van der Waals surface area (Å²) in [4.78, 5) is 34.3. The summed E-state index contributed by atoms with van der Waals surface area (Å²) >= 11 is 0. The topological polar surface area (TPSA) is 96.5 Å². The van der Waals surface area contributed by atoms with Crippen LogP contribution in [-0.4, -0.2) is 30.4 Å². The predicted octanol–water partition coefficient (Wildman–Crippen LogP) is 0.354. The molecule has 0 radical (unpaired) electrons. The van der Waals surface area contributed by atoms with Crippen LogP contribution in [0.4, 0.5) is 0 Å². The first kappa shape index (κ1) is 17.5. The zero-order valence-electron chi connectivity index (χ0n) is 13.1. The zero-order chi connectivity index (χ0) is 16.7. The van der Waals surface area contributed by atoms with Crippen molar-refractivity contribution in [3.8, 4) is 5.75 Å². The molecule has 22 heavy (non-hydrogen) atoms. The summed E-state index contributed by atoms with van der Waals surface area (Å²) in [7, 11) is 0. The van der Waals surface area contributed by atoms with Crippen LogP contribution in [0, 0.1) is 13.8 Å². The second-order valence-electron chi connectivity index (χ2n) is 5.12. The van der Waals surface area contributed by atoms with E-state index in [0.717, 1.165) is 11.1 Å². The number of hydrazine groups is 1. The predicted molar refractivity (Wildman–Crippen MR) is 81.0 cm³/mol. The molecule has 0 atom stereocenters. The molecule has 7 heteroatoms. The Balaban J connectivity index is 2.39. The Morgan fingerprint density at radius 2 is 1.77 bits per heavy atom. The van der Waals surface area contributed by atoms with E-state index in [1.807, 2.05) is 31.4 Å². The molecule has 3 N–H and O–H groups in total. The Bertz CT molecular complexity index is 570. The molecule has 0 aromatic heterocycles. The SMILES string of the molecule is Cc1cccc(OCC(=O)NNC(=O)C(=O)NC(C)C)c1C. The standard InChI is InChI=1S/C15H21N3O4/c1-9(2)16-14(20)15(21)18-17-13(19)8-22-12-7-5-6-10(3)11(12)4/h5-7,9H,8H2,1-4H3,(H,16,20)(H,17,19)(H,18,21). The van der Waals surface area contributed by atoms with Gasteiger partial charge in [0.05, 0.1) is 0 Å². The largest absolute Gasteiger partial charge is 0.483 e. The first-order valence-electron chi connectivity index (χ1n) is 6.90. The van der Waals surface area contributed by atoms with Gasteiger partial charge in [-0.15, -0.1) is 0 Å². The van der Waals surface area contributed by atoms with Gasteiger partial charge in [-0.2, -0.15) is 0 Å². The molecular formula is C15H21N3O4. The highest BCUT2D eigenvalue weighted by Gasteiger charge is 2.15. The Kier molecular flexibility index (Phi) is 6.37. The maximum absolute atomic E-state index is 11.6. The smallest absolute Gasteiger partial charge is 0.327 e. The van der Waals surface area contributed by atoms with Gasteiger partial charge in [-0.3, -0.25) is 25.2 Å². The number of amides is 3. The highest BCUT2D eigenvalue weighted by atomic mass is 16.5. The van der Waals surface area contributed by atoms with Crippen LogP contribution in [0.15, 0.2) is 18.2 Å². The molecule has 0 heterocycles. The molecule has 3 amide bonds. The maximum atomic E-state index is 11.6. The molecule has 7 nitrogen and oxygen atoms in total. The summed E-state index contributed by atoms with van der Waals surface area (Å²) in [6, 6.07) is 5.36. The molecule has 0 aliphatic carbocycles. The minimum Gasteiger partial charge on any atom is -0.483 e. The number of nitrogens with one attached hydrogen (secondary N) is 3. The summed E-state index contributed by atoms with van der Waals surface area (Å²) in [5, 5.41) is 2.40. The minimum absolute atomic E-state index is 0.165. The molecule has 0 bridgehead atoms. The zero-order valence-corrected chi connectivity index (χ0v) is 13.1. The number of ether oxygens (including phenoxy) is 1. The van der Waals surface area contributed by atoms with Crippen molar-refractivity contribution < 1.29 is 19.1 Å². The van der Waals surface area contributed by atoms with Crippen molar-refractivity contribution in [2.75, 3.05) is 6.61 Å². The van der Waals surface area contributed by atoms with E-state index in [1.54, 1.807) is 19.9 Å². The Morgan fingerprint density at radius 3 is 2.41 bits per heavy atom. The monoisotopic (exact) mass is 307 g/mol. The molecule has 1 aromatic carbocycles. The van der Waals surface area contributed by atoms with Crippen LogP contribution >= 0.6 is 0 Å². The maximum Gasteiger partial charge on any atom is 0.327 e. The van der Waals surface area contributed by atoms with E-state index in [1.165, 1.54) is 0 Å². The van der Waals surface area contributed by atoms with Gasteiger partial charge >= 0.3 is 11.8 Å². The van der Waals surface area contributed by atoms with E-state index < -0.39 is 17.7 Å². The Labute approximate surface area is 129 Å². The van der Waals surface area contributed by atoms with E-state index in [-0.39, 0.29) is 12.6 Å².